The fourth-order valence-electron chi connectivity index (χ4n) is 2.64. The van der Waals surface area contributed by atoms with Crippen LogP contribution in [0.5, 0.6) is 0 Å². The number of nitrogens with zero attached hydrogens (tertiary/aromatic N) is 3. The van der Waals surface area contributed by atoms with Crippen molar-refractivity contribution in [3.8, 4) is 5.69 Å². The molecule has 0 unspecified atom stereocenters. The van der Waals surface area contributed by atoms with Gasteiger partial charge in [-0.25, -0.2) is 14.3 Å². The lowest BCUT2D eigenvalue weighted by Gasteiger charge is -2.31. The summed E-state index contributed by atoms with van der Waals surface area (Å²) in [5.74, 6) is -3.12. The maximum absolute atomic E-state index is 12.8. The highest BCUT2D eigenvalue weighted by molar-refractivity contribution is 6.63. The average Bonchev–Trinajstić information content (AvgIpc) is 2.84. The zero-order valence-corrected chi connectivity index (χ0v) is 15.5. The number of para-hydroxylation sites is 1. The predicted molar refractivity (Wildman–Crippen MR) is 97.7 cm³/mol. The van der Waals surface area contributed by atoms with Crippen LogP contribution in [0.1, 0.15) is 26.0 Å². The van der Waals surface area contributed by atoms with Crippen molar-refractivity contribution in [2.75, 3.05) is 5.43 Å². The van der Waals surface area contributed by atoms with Gasteiger partial charge in [0.05, 0.1) is 11.4 Å². The van der Waals surface area contributed by atoms with Gasteiger partial charge in [-0.1, -0.05) is 25.1 Å². The Kier molecular flexibility index (Phi) is 4.61. The third kappa shape index (κ3) is 3.23. The second kappa shape index (κ2) is 6.75. The first-order valence-electron chi connectivity index (χ1n) is 8.42. The molecular formula is C18H20N4O5. The first kappa shape index (κ1) is 18.4. The number of benzene rings is 1. The number of cyclic esters (lactones) is 2. The molecule has 1 aromatic heterocycles. The summed E-state index contributed by atoms with van der Waals surface area (Å²) in [6.45, 7) is 4.93. The summed E-state index contributed by atoms with van der Waals surface area (Å²) in [4.78, 5) is 36.9. The highest BCUT2D eigenvalue weighted by atomic mass is 16.7. The van der Waals surface area contributed by atoms with Gasteiger partial charge in [-0.3, -0.25) is 14.9 Å². The molecule has 1 fully saturated rings. The van der Waals surface area contributed by atoms with Gasteiger partial charge in [-0.2, -0.15) is 5.10 Å². The molecule has 0 saturated carbocycles. The van der Waals surface area contributed by atoms with Crippen LogP contribution in [-0.2, 0) is 26.1 Å². The van der Waals surface area contributed by atoms with Crippen molar-refractivity contribution in [3.05, 3.63) is 46.4 Å². The van der Waals surface area contributed by atoms with Gasteiger partial charge >= 0.3 is 11.9 Å². The molecule has 1 aliphatic rings. The number of hydrogen-bond donors (Lipinski definition) is 1. The van der Waals surface area contributed by atoms with E-state index >= 15 is 0 Å². The van der Waals surface area contributed by atoms with E-state index in [0.717, 1.165) is 0 Å². The van der Waals surface area contributed by atoms with Crippen molar-refractivity contribution in [3.63, 3.8) is 0 Å². The SMILES string of the molecule is CCC1(C)OC(=O)C(=NNc2c(C)n(C)n(-c3ccccc3)c2=O)C(=O)O1. The Labute approximate surface area is 155 Å². The molecule has 0 radical (unpaired) electrons. The number of hydrogen-bond acceptors (Lipinski definition) is 7. The van der Waals surface area contributed by atoms with Crippen LogP contribution < -0.4 is 11.0 Å². The van der Waals surface area contributed by atoms with Crippen molar-refractivity contribution >= 4 is 23.3 Å². The highest BCUT2D eigenvalue weighted by Gasteiger charge is 2.42. The number of esters is 2. The molecule has 2 aromatic rings. The molecule has 2 heterocycles. The summed E-state index contributed by atoms with van der Waals surface area (Å²) < 4.78 is 13.3. The summed E-state index contributed by atoms with van der Waals surface area (Å²) >= 11 is 0. The van der Waals surface area contributed by atoms with E-state index < -0.39 is 23.4 Å². The molecule has 3 rings (SSSR count). The Hall–Kier alpha value is -3.36. The Morgan fingerprint density at radius 3 is 2.26 bits per heavy atom. The molecule has 0 bridgehead atoms. The minimum atomic E-state index is -1.31. The first-order chi connectivity index (χ1) is 12.8. The van der Waals surface area contributed by atoms with Crippen LogP contribution >= 0.6 is 0 Å². The van der Waals surface area contributed by atoms with Crippen molar-refractivity contribution in [2.45, 2.75) is 33.0 Å². The molecule has 0 aliphatic carbocycles. The van der Waals surface area contributed by atoms with Gasteiger partial charge < -0.3 is 9.47 Å². The van der Waals surface area contributed by atoms with Crippen LogP contribution in [-0.4, -0.2) is 32.8 Å². The summed E-state index contributed by atoms with van der Waals surface area (Å²) in [7, 11) is 1.72. The van der Waals surface area contributed by atoms with E-state index in [4.69, 9.17) is 9.47 Å². The highest BCUT2D eigenvalue weighted by Crippen LogP contribution is 2.22. The molecule has 1 aliphatic heterocycles. The average molecular weight is 372 g/mol. The van der Waals surface area contributed by atoms with Crippen molar-refractivity contribution < 1.29 is 19.1 Å². The van der Waals surface area contributed by atoms with Crippen LogP contribution in [0.4, 0.5) is 5.69 Å². The van der Waals surface area contributed by atoms with Crippen molar-refractivity contribution in [2.24, 2.45) is 12.1 Å². The maximum Gasteiger partial charge on any atom is 0.369 e. The lowest BCUT2D eigenvalue weighted by molar-refractivity contribution is -0.222. The van der Waals surface area contributed by atoms with Gasteiger partial charge in [-0.15, -0.1) is 0 Å². The Bertz CT molecular complexity index is 967. The molecule has 142 valence electrons. The number of carbonyl (C=O) groups is 2. The second-order valence-corrected chi connectivity index (χ2v) is 6.28. The number of aromatic nitrogens is 2. The molecule has 1 aromatic carbocycles. The predicted octanol–water partition coefficient (Wildman–Crippen LogP) is 1.48. The fraction of sp³-hybridized carbons (Fsp3) is 0.333. The van der Waals surface area contributed by atoms with Gasteiger partial charge in [0.2, 0.25) is 0 Å². The zero-order valence-electron chi connectivity index (χ0n) is 15.5. The van der Waals surface area contributed by atoms with E-state index in [2.05, 4.69) is 10.5 Å². The second-order valence-electron chi connectivity index (χ2n) is 6.28. The van der Waals surface area contributed by atoms with E-state index in [1.54, 1.807) is 37.7 Å². The summed E-state index contributed by atoms with van der Waals surface area (Å²) in [6, 6.07) is 9.06. The number of ether oxygens (including phenoxy) is 2. The van der Waals surface area contributed by atoms with E-state index in [9.17, 15) is 14.4 Å². The third-order valence-corrected chi connectivity index (χ3v) is 4.48. The standard InChI is InChI=1S/C18H20N4O5/c1-5-18(3)26-16(24)14(17(25)27-18)20-19-13-11(2)21(4)22(15(13)23)12-9-7-6-8-10-12/h6-10,19H,5H2,1-4H3. The van der Waals surface area contributed by atoms with E-state index in [1.807, 2.05) is 18.2 Å². The number of anilines is 1. The van der Waals surface area contributed by atoms with Gasteiger partial charge in [-0.05, 0) is 19.1 Å². The Morgan fingerprint density at radius 2 is 1.70 bits per heavy atom. The monoisotopic (exact) mass is 372 g/mol. The normalized spacial score (nSPS) is 19.5. The van der Waals surface area contributed by atoms with Gasteiger partial charge in [0, 0.05) is 20.4 Å². The van der Waals surface area contributed by atoms with Crippen molar-refractivity contribution in [1.82, 2.24) is 9.36 Å². The smallest absolute Gasteiger partial charge is 0.369 e. The zero-order chi connectivity index (χ0) is 19.8. The number of hydrazone groups is 1. The van der Waals surface area contributed by atoms with E-state index in [-0.39, 0.29) is 11.2 Å². The summed E-state index contributed by atoms with van der Waals surface area (Å²) in [5.41, 5.74) is 2.98. The maximum atomic E-state index is 12.8. The van der Waals surface area contributed by atoms with E-state index in [0.29, 0.717) is 17.8 Å². The third-order valence-electron chi connectivity index (χ3n) is 4.48. The number of nitrogens with one attached hydrogen (secondary N) is 1. The lowest BCUT2D eigenvalue weighted by Crippen LogP contribution is -2.48. The molecule has 0 atom stereocenters. The topological polar surface area (TPSA) is 104 Å². The quantitative estimate of drug-likeness (QED) is 0.644. The first-order valence-corrected chi connectivity index (χ1v) is 8.42. The largest absolute Gasteiger partial charge is 0.418 e. The van der Waals surface area contributed by atoms with Gasteiger partial charge in [0.25, 0.3) is 17.1 Å². The van der Waals surface area contributed by atoms with Crippen molar-refractivity contribution in [1.29, 1.82) is 0 Å². The van der Waals surface area contributed by atoms with E-state index in [1.165, 1.54) is 11.6 Å². The molecular weight excluding hydrogens is 352 g/mol. The summed E-state index contributed by atoms with van der Waals surface area (Å²) in [5, 5.41) is 3.78. The number of carbonyl (C=O) groups excluding carboxylic acids is 2. The molecule has 9 heteroatoms. The summed E-state index contributed by atoms with van der Waals surface area (Å²) in [6.07, 6.45) is 0.310. The minimum absolute atomic E-state index is 0.137. The van der Waals surface area contributed by atoms with Gasteiger partial charge in [0.15, 0.2) is 0 Å². The molecule has 27 heavy (non-hydrogen) atoms. The molecule has 0 spiro atoms. The molecule has 9 nitrogen and oxygen atoms in total. The van der Waals surface area contributed by atoms with Crippen LogP contribution in [0, 0.1) is 6.92 Å². The number of rotatable bonds is 4. The molecule has 1 saturated heterocycles. The minimum Gasteiger partial charge on any atom is -0.418 e. The molecule has 0 amide bonds. The fourth-order valence-corrected chi connectivity index (χ4v) is 2.64. The Morgan fingerprint density at radius 1 is 1.11 bits per heavy atom. The van der Waals surface area contributed by atoms with Gasteiger partial charge in [0.1, 0.15) is 5.69 Å². The van der Waals surface area contributed by atoms with Crippen LogP contribution in [0.25, 0.3) is 5.69 Å². The van der Waals surface area contributed by atoms with Crippen LogP contribution in [0.2, 0.25) is 0 Å². The van der Waals surface area contributed by atoms with Crippen LogP contribution in [0.15, 0.2) is 40.2 Å². The molecule has 1 N–H and O–H groups in total. The lowest BCUT2D eigenvalue weighted by atomic mass is 10.2. The van der Waals surface area contributed by atoms with Crippen LogP contribution in [0.3, 0.4) is 0 Å². The Balaban J connectivity index is 1.94.